The van der Waals surface area contributed by atoms with Gasteiger partial charge in [-0.1, -0.05) is 18.2 Å². The third-order valence-corrected chi connectivity index (χ3v) is 1.32. The summed E-state index contributed by atoms with van der Waals surface area (Å²) in [7, 11) is 0. The number of hydrogen-bond acceptors (Lipinski definition) is 3. The van der Waals surface area contributed by atoms with Gasteiger partial charge < -0.3 is 9.84 Å². The van der Waals surface area contributed by atoms with Crippen molar-refractivity contribution in [1.82, 2.24) is 0 Å². The van der Waals surface area contributed by atoms with Gasteiger partial charge in [-0.25, -0.2) is 0 Å². The Labute approximate surface area is 82.9 Å². The van der Waals surface area contributed by atoms with E-state index in [2.05, 4.69) is 0 Å². The molecule has 0 saturated carbocycles. The van der Waals surface area contributed by atoms with Crippen LogP contribution in [0, 0.1) is 0 Å². The van der Waals surface area contributed by atoms with E-state index in [9.17, 15) is 9.59 Å². The standard InChI is InChI=1S/C10H14O4/c1-2-3-4-5-8-14-10(13)7-6-9(11)12/h2-5H,6-8H2,1H3,(H,11,12). The zero-order valence-electron chi connectivity index (χ0n) is 8.10. The van der Waals surface area contributed by atoms with Crippen LogP contribution < -0.4 is 0 Å². The van der Waals surface area contributed by atoms with Gasteiger partial charge in [-0.15, -0.1) is 0 Å². The number of carbonyl (C=O) groups is 2. The molecule has 4 nitrogen and oxygen atoms in total. The summed E-state index contributed by atoms with van der Waals surface area (Å²) in [4.78, 5) is 20.9. The summed E-state index contributed by atoms with van der Waals surface area (Å²) in [5.41, 5.74) is 0. The molecule has 0 radical (unpaired) electrons. The van der Waals surface area contributed by atoms with Crippen molar-refractivity contribution in [3.63, 3.8) is 0 Å². The number of allylic oxidation sites excluding steroid dienone is 3. The topological polar surface area (TPSA) is 63.6 Å². The van der Waals surface area contributed by atoms with Crippen LogP contribution in [-0.2, 0) is 14.3 Å². The van der Waals surface area contributed by atoms with Gasteiger partial charge in [0, 0.05) is 0 Å². The van der Waals surface area contributed by atoms with Crippen LogP contribution in [0.5, 0.6) is 0 Å². The maximum absolute atomic E-state index is 10.8. The third-order valence-electron chi connectivity index (χ3n) is 1.32. The highest BCUT2D eigenvalue weighted by molar-refractivity contribution is 5.76. The highest BCUT2D eigenvalue weighted by Crippen LogP contribution is 1.93. The lowest BCUT2D eigenvalue weighted by Gasteiger charge is -1.98. The van der Waals surface area contributed by atoms with Gasteiger partial charge in [0.05, 0.1) is 12.8 Å². The van der Waals surface area contributed by atoms with Crippen molar-refractivity contribution in [3.05, 3.63) is 24.3 Å². The second-order valence-electron chi connectivity index (χ2n) is 2.53. The highest BCUT2D eigenvalue weighted by atomic mass is 16.5. The number of carboxylic acid groups (broad SMARTS) is 1. The van der Waals surface area contributed by atoms with E-state index in [0.717, 1.165) is 0 Å². The molecule has 0 aliphatic rings. The van der Waals surface area contributed by atoms with Crippen LogP contribution in [0.15, 0.2) is 24.3 Å². The number of ether oxygens (including phenoxy) is 1. The molecule has 0 aliphatic carbocycles. The Morgan fingerprint density at radius 2 is 2.00 bits per heavy atom. The molecule has 0 aromatic carbocycles. The van der Waals surface area contributed by atoms with Gasteiger partial charge in [0.2, 0.25) is 0 Å². The molecule has 0 aromatic rings. The van der Waals surface area contributed by atoms with E-state index in [-0.39, 0.29) is 19.4 Å². The van der Waals surface area contributed by atoms with Gasteiger partial charge in [-0.05, 0) is 13.0 Å². The maximum Gasteiger partial charge on any atom is 0.306 e. The van der Waals surface area contributed by atoms with E-state index < -0.39 is 11.9 Å². The van der Waals surface area contributed by atoms with Gasteiger partial charge in [-0.3, -0.25) is 9.59 Å². The highest BCUT2D eigenvalue weighted by Gasteiger charge is 2.04. The first-order valence-electron chi connectivity index (χ1n) is 4.32. The van der Waals surface area contributed by atoms with Crippen molar-refractivity contribution in [3.8, 4) is 0 Å². The monoisotopic (exact) mass is 198 g/mol. The molecule has 0 aromatic heterocycles. The predicted octanol–water partition coefficient (Wildman–Crippen LogP) is 1.53. The van der Waals surface area contributed by atoms with E-state index in [1.807, 2.05) is 19.1 Å². The Balaban J connectivity index is 3.49. The fourth-order valence-electron chi connectivity index (χ4n) is 0.667. The summed E-state index contributed by atoms with van der Waals surface area (Å²) in [6.07, 6.45) is 6.83. The average Bonchev–Trinajstić information content (AvgIpc) is 2.14. The largest absolute Gasteiger partial charge is 0.481 e. The zero-order chi connectivity index (χ0) is 10.8. The maximum atomic E-state index is 10.8. The number of aliphatic carboxylic acids is 1. The van der Waals surface area contributed by atoms with E-state index in [4.69, 9.17) is 9.84 Å². The lowest BCUT2D eigenvalue weighted by Crippen LogP contribution is -2.07. The van der Waals surface area contributed by atoms with E-state index in [1.54, 1.807) is 12.2 Å². The molecule has 0 saturated heterocycles. The molecule has 4 heteroatoms. The van der Waals surface area contributed by atoms with Gasteiger partial charge in [0.15, 0.2) is 0 Å². The minimum atomic E-state index is -0.994. The summed E-state index contributed by atoms with van der Waals surface area (Å²) >= 11 is 0. The van der Waals surface area contributed by atoms with E-state index in [0.29, 0.717) is 0 Å². The quantitative estimate of drug-likeness (QED) is 0.519. The molecule has 0 aliphatic heterocycles. The first kappa shape index (κ1) is 12.4. The number of carbonyl (C=O) groups excluding carboxylic acids is 1. The second kappa shape index (κ2) is 8.04. The molecule has 0 bridgehead atoms. The Kier molecular flexibility index (Phi) is 7.13. The predicted molar refractivity (Wildman–Crippen MR) is 51.8 cm³/mol. The van der Waals surface area contributed by atoms with Crippen LogP contribution >= 0.6 is 0 Å². The lowest BCUT2D eigenvalue weighted by atomic mass is 10.3. The van der Waals surface area contributed by atoms with E-state index >= 15 is 0 Å². The van der Waals surface area contributed by atoms with Crippen molar-refractivity contribution >= 4 is 11.9 Å². The first-order chi connectivity index (χ1) is 6.66. The SMILES string of the molecule is CC=CC=CCOC(=O)CCC(=O)O. The minimum absolute atomic E-state index is 0.0766. The molecule has 0 atom stereocenters. The molecule has 14 heavy (non-hydrogen) atoms. The van der Waals surface area contributed by atoms with Gasteiger partial charge >= 0.3 is 11.9 Å². The molecular weight excluding hydrogens is 184 g/mol. The Morgan fingerprint density at radius 3 is 2.57 bits per heavy atom. The Morgan fingerprint density at radius 1 is 1.29 bits per heavy atom. The van der Waals surface area contributed by atoms with Gasteiger partial charge in [0.1, 0.15) is 6.61 Å². The van der Waals surface area contributed by atoms with Crippen molar-refractivity contribution in [2.24, 2.45) is 0 Å². The van der Waals surface area contributed by atoms with Crippen LogP contribution in [0.4, 0.5) is 0 Å². The van der Waals surface area contributed by atoms with Crippen molar-refractivity contribution in [2.45, 2.75) is 19.8 Å². The molecule has 1 N–H and O–H groups in total. The summed E-state index contributed by atoms with van der Waals surface area (Å²) in [5.74, 6) is -1.48. The van der Waals surface area contributed by atoms with Crippen molar-refractivity contribution in [1.29, 1.82) is 0 Å². The molecule has 0 spiro atoms. The minimum Gasteiger partial charge on any atom is -0.481 e. The zero-order valence-corrected chi connectivity index (χ0v) is 8.10. The summed E-state index contributed by atoms with van der Waals surface area (Å²) < 4.78 is 4.72. The number of carboxylic acids is 1. The summed E-state index contributed by atoms with van der Waals surface area (Å²) in [6.45, 7) is 2.06. The van der Waals surface area contributed by atoms with Crippen molar-refractivity contribution in [2.75, 3.05) is 6.61 Å². The lowest BCUT2D eigenvalue weighted by molar-refractivity contribution is -0.146. The van der Waals surface area contributed by atoms with Crippen LogP contribution in [0.25, 0.3) is 0 Å². The molecule has 0 heterocycles. The first-order valence-corrected chi connectivity index (χ1v) is 4.32. The Bertz CT molecular complexity index is 241. The molecular formula is C10H14O4. The van der Waals surface area contributed by atoms with Gasteiger partial charge in [-0.2, -0.15) is 0 Å². The Hall–Kier alpha value is -1.58. The fraction of sp³-hybridized carbons (Fsp3) is 0.400. The molecule has 78 valence electrons. The third kappa shape index (κ3) is 8.52. The number of rotatable bonds is 6. The molecule has 0 unspecified atom stereocenters. The number of esters is 1. The fourth-order valence-corrected chi connectivity index (χ4v) is 0.667. The van der Waals surface area contributed by atoms with E-state index in [1.165, 1.54) is 0 Å². The summed E-state index contributed by atoms with van der Waals surface area (Å²) in [5, 5.41) is 8.27. The molecule has 0 fully saturated rings. The van der Waals surface area contributed by atoms with Crippen LogP contribution in [0.3, 0.4) is 0 Å². The molecule has 0 amide bonds. The van der Waals surface area contributed by atoms with Crippen LogP contribution in [0.1, 0.15) is 19.8 Å². The summed E-state index contributed by atoms with van der Waals surface area (Å²) in [6, 6.07) is 0. The van der Waals surface area contributed by atoms with Crippen LogP contribution in [0.2, 0.25) is 0 Å². The normalized spacial score (nSPS) is 10.9. The van der Waals surface area contributed by atoms with Crippen molar-refractivity contribution < 1.29 is 19.4 Å². The van der Waals surface area contributed by atoms with Crippen LogP contribution in [-0.4, -0.2) is 23.7 Å². The average molecular weight is 198 g/mol. The second-order valence-corrected chi connectivity index (χ2v) is 2.53. The van der Waals surface area contributed by atoms with Gasteiger partial charge in [0.25, 0.3) is 0 Å². The number of hydrogen-bond donors (Lipinski definition) is 1. The smallest absolute Gasteiger partial charge is 0.306 e. The molecule has 0 rings (SSSR count).